The van der Waals surface area contributed by atoms with Crippen LogP contribution in [0.1, 0.15) is 17.1 Å². The van der Waals surface area contributed by atoms with Gasteiger partial charge in [0.1, 0.15) is 5.82 Å². The molecule has 3 aromatic rings. The van der Waals surface area contributed by atoms with Gasteiger partial charge in [-0.3, -0.25) is 10.00 Å². The second-order valence-electron chi connectivity index (χ2n) is 6.02. The largest absolute Gasteiger partial charge is 0.454 e. The number of aromatic amines is 2. The maximum absolute atomic E-state index is 5.46. The van der Waals surface area contributed by atoms with E-state index in [2.05, 4.69) is 32.1 Å². The van der Waals surface area contributed by atoms with Crippen LogP contribution in [0.15, 0.2) is 30.6 Å². The first-order chi connectivity index (χ1) is 11.7. The predicted molar refractivity (Wildman–Crippen MR) is 88.6 cm³/mol. The zero-order chi connectivity index (χ0) is 16.5. The summed E-state index contributed by atoms with van der Waals surface area (Å²) in [5, 5.41) is 7.30. The number of fused-ring (bicyclic) bond motifs is 1. The Labute approximate surface area is 139 Å². The molecule has 124 valence electrons. The van der Waals surface area contributed by atoms with E-state index in [0.29, 0.717) is 0 Å². The number of hydrogen-bond acceptors (Lipinski definition) is 5. The minimum Gasteiger partial charge on any atom is -0.454 e. The predicted octanol–water partition coefficient (Wildman–Crippen LogP) is 2.47. The summed E-state index contributed by atoms with van der Waals surface area (Å²) in [7, 11) is 2.06. The monoisotopic (exact) mass is 325 g/mol. The molecule has 2 N–H and O–H groups in total. The summed E-state index contributed by atoms with van der Waals surface area (Å²) in [6, 6.07) is 5.92. The fourth-order valence-corrected chi connectivity index (χ4v) is 2.88. The summed E-state index contributed by atoms with van der Waals surface area (Å²) in [5.41, 5.74) is 4.23. The zero-order valence-corrected chi connectivity index (χ0v) is 13.7. The summed E-state index contributed by atoms with van der Waals surface area (Å²) >= 11 is 0. The van der Waals surface area contributed by atoms with Crippen molar-refractivity contribution in [3.63, 3.8) is 0 Å². The molecule has 0 atom stereocenters. The van der Waals surface area contributed by atoms with E-state index < -0.39 is 0 Å². The number of nitrogens with one attached hydrogen (secondary N) is 2. The molecule has 1 aliphatic heterocycles. The summed E-state index contributed by atoms with van der Waals surface area (Å²) in [6.45, 7) is 3.80. The van der Waals surface area contributed by atoms with Crippen LogP contribution in [0.4, 0.5) is 0 Å². The van der Waals surface area contributed by atoms with Crippen LogP contribution < -0.4 is 9.47 Å². The second-order valence-corrected chi connectivity index (χ2v) is 6.02. The van der Waals surface area contributed by atoms with E-state index in [9.17, 15) is 0 Å². The van der Waals surface area contributed by atoms with Gasteiger partial charge in [0.2, 0.25) is 6.79 Å². The van der Waals surface area contributed by atoms with Gasteiger partial charge >= 0.3 is 0 Å². The van der Waals surface area contributed by atoms with Crippen LogP contribution in [0.2, 0.25) is 0 Å². The van der Waals surface area contributed by atoms with E-state index in [-0.39, 0.29) is 6.79 Å². The lowest BCUT2D eigenvalue weighted by Gasteiger charge is -2.15. The molecule has 2 aromatic heterocycles. The molecule has 0 bridgehead atoms. The minimum absolute atomic E-state index is 0.278. The maximum atomic E-state index is 5.46. The van der Waals surface area contributed by atoms with Crippen LogP contribution in [0.25, 0.3) is 11.3 Å². The summed E-state index contributed by atoms with van der Waals surface area (Å²) in [4.78, 5) is 9.80. The molecule has 4 rings (SSSR count). The molecule has 7 heteroatoms. The summed E-state index contributed by atoms with van der Waals surface area (Å²) in [6.07, 6.45) is 3.71. The van der Waals surface area contributed by atoms with Crippen LogP contribution in [-0.2, 0) is 13.1 Å². The zero-order valence-electron chi connectivity index (χ0n) is 13.7. The van der Waals surface area contributed by atoms with Gasteiger partial charge in [0, 0.05) is 29.6 Å². The van der Waals surface area contributed by atoms with Crippen molar-refractivity contribution in [2.24, 2.45) is 0 Å². The highest BCUT2D eigenvalue weighted by atomic mass is 16.7. The topological polar surface area (TPSA) is 79.1 Å². The first-order valence-electron chi connectivity index (χ1n) is 7.80. The Balaban J connectivity index is 1.52. The van der Waals surface area contributed by atoms with Crippen molar-refractivity contribution in [1.82, 2.24) is 25.1 Å². The van der Waals surface area contributed by atoms with Gasteiger partial charge in [0.05, 0.1) is 18.4 Å². The van der Waals surface area contributed by atoms with E-state index in [1.807, 2.05) is 37.5 Å². The number of ether oxygens (including phenoxy) is 2. The average Bonchev–Trinajstić information content (AvgIpc) is 3.27. The highest BCUT2D eigenvalue weighted by molar-refractivity contribution is 5.66. The lowest BCUT2D eigenvalue weighted by molar-refractivity contribution is 0.174. The van der Waals surface area contributed by atoms with Crippen LogP contribution in [0.3, 0.4) is 0 Å². The third kappa shape index (κ3) is 2.85. The molecule has 7 nitrogen and oxygen atoms in total. The first-order valence-corrected chi connectivity index (χ1v) is 7.80. The number of benzene rings is 1. The second kappa shape index (κ2) is 6.01. The van der Waals surface area contributed by atoms with Gasteiger partial charge in [0.15, 0.2) is 11.5 Å². The third-order valence-corrected chi connectivity index (χ3v) is 3.99. The van der Waals surface area contributed by atoms with Crippen molar-refractivity contribution in [2.75, 3.05) is 13.8 Å². The molecule has 0 fully saturated rings. The van der Waals surface area contributed by atoms with Gasteiger partial charge in [-0.2, -0.15) is 5.10 Å². The SMILES string of the molecule is Cc1cnc(CN(C)Cc2cn[nH]c2-c2ccc3c(c2)OCO3)[nH]1. The Morgan fingerprint density at radius 3 is 2.88 bits per heavy atom. The molecule has 0 spiro atoms. The average molecular weight is 325 g/mol. The van der Waals surface area contributed by atoms with Crippen molar-refractivity contribution in [2.45, 2.75) is 20.0 Å². The number of nitrogens with zero attached hydrogens (tertiary/aromatic N) is 3. The van der Waals surface area contributed by atoms with Gasteiger partial charge in [-0.05, 0) is 32.2 Å². The Bertz CT molecular complexity index is 854. The first kappa shape index (κ1) is 14.8. The Kier molecular flexibility index (Phi) is 3.70. The molecule has 0 saturated heterocycles. The van der Waals surface area contributed by atoms with Crippen molar-refractivity contribution in [3.8, 4) is 22.8 Å². The van der Waals surface area contributed by atoms with Crippen LogP contribution in [0.5, 0.6) is 11.5 Å². The van der Waals surface area contributed by atoms with Gasteiger partial charge in [-0.25, -0.2) is 4.98 Å². The number of imidazole rings is 1. The lowest BCUT2D eigenvalue weighted by Crippen LogP contribution is -2.18. The maximum Gasteiger partial charge on any atom is 0.231 e. The third-order valence-electron chi connectivity index (χ3n) is 3.99. The standard InChI is InChI=1S/C17H19N5O2/c1-11-6-18-16(20-11)9-22(2)8-13-7-19-21-17(13)12-3-4-14-15(5-12)24-10-23-14/h3-7H,8-10H2,1-2H3,(H,18,20)(H,19,21). The van der Waals surface area contributed by atoms with Crippen LogP contribution in [0, 0.1) is 6.92 Å². The van der Waals surface area contributed by atoms with Gasteiger partial charge in [-0.15, -0.1) is 0 Å². The lowest BCUT2D eigenvalue weighted by atomic mass is 10.1. The van der Waals surface area contributed by atoms with E-state index in [4.69, 9.17) is 9.47 Å². The van der Waals surface area contributed by atoms with Crippen molar-refractivity contribution >= 4 is 0 Å². The molecule has 0 unspecified atom stereocenters. The minimum atomic E-state index is 0.278. The summed E-state index contributed by atoms with van der Waals surface area (Å²) < 4.78 is 10.8. The molecular formula is C17H19N5O2. The number of aromatic nitrogens is 4. The molecule has 0 radical (unpaired) electrons. The number of H-pyrrole nitrogens is 2. The van der Waals surface area contributed by atoms with E-state index in [1.54, 1.807) is 0 Å². The van der Waals surface area contributed by atoms with Gasteiger partial charge in [-0.1, -0.05) is 0 Å². The molecule has 1 aromatic carbocycles. The molecule has 0 saturated carbocycles. The van der Waals surface area contributed by atoms with Gasteiger partial charge in [0.25, 0.3) is 0 Å². The highest BCUT2D eigenvalue weighted by Crippen LogP contribution is 2.36. The fourth-order valence-electron chi connectivity index (χ4n) is 2.88. The molecule has 3 heterocycles. The van der Waals surface area contributed by atoms with Crippen LogP contribution >= 0.6 is 0 Å². The number of aryl methyl sites for hydroxylation is 1. The molecule has 0 amide bonds. The highest BCUT2D eigenvalue weighted by Gasteiger charge is 2.17. The van der Waals surface area contributed by atoms with Crippen molar-refractivity contribution in [3.05, 3.63) is 47.7 Å². The smallest absolute Gasteiger partial charge is 0.231 e. The Morgan fingerprint density at radius 2 is 2.04 bits per heavy atom. The Morgan fingerprint density at radius 1 is 1.17 bits per heavy atom. The van der Waals surface area contributed by atoms with Crippen LogP contribution in [-0.4, -0.2) is 38.9 Å². The van der Waals surface area contributed by atoms with E-state index in [0.717, 1.165) is 52.9 Å². The molecular weight excluding hydrogens is 306 g/mol. The number of hydrogen-bond donors (Lipinski definition) is 2. The van der Waals surface area contributed by atoms with Crippen molar-refractivity contribution < 1.29 is 9.47 Å². The van der Waals surface area contributed by atoms with Gasteiger partial charge < -0.3 is 14.5 Å². The molecule has 1 aliphatic rings. The Hall–Kier alpha value is -2.80. The van der Waals surface area contributed by atoms with E-state index >= 15 is 0 Å². The quantitative estimate of drug-likeness (QED) is 0.753. The number of rotatable bonds is 5. The van der Waals surface area contributed by atoms with Crippen molar-refractivity contribution in [1.29, 1.82) is 0 Å². The molecule has 0 aliphatic carbocycles. The molecule has 24 heavy (non-hydrogen) atoms. The van der Waals surface area contributed by atoms with E-state index in [1.165, 1.54) is 0 Å². The normalized spacial score (nSPS) is 13.0. The summed E-state index contributed by atoms with van der Waals surface area (Å²) in [5.74, 6) is 2.51. The fraction of sp³-hybridized carbons (Fsp3) is 0.294.